The maximum Gasteiger partial charge on any atom is 0.141 e. The number of para-hydroxylation sites is 1. The number of fused-ring (bicyclic) bond motifs is 2. The van der Waals surface area contributed by atoms with E-state index in [2.05, 4.69) is 71.1 Å². The Hall–Kier alpha value is -4.16. The molecular formula is C34H30FN3OS. The van der Waals surface area contributed by atoms with E-state index in [9.17, 15) is 4.39 Å². The van der Waals surface area contributed by atoms with Gasteiger partial charge in [-0.1, -0.05) is 61.9 Å². The Bertz CT molecular complexity index is 1750. The number of hydrogen-bond donors (Lipinski definition) is 0. The Kier molecular flexibility index (Phi) is 7.78. The van der Waals surface area contributed by atoms with Crippen molar-refractivity contribution < 1.29 is 9.13 Å². The number of aromatic nitrogens is 3. The van der Waals surface area contributed by atoms with E-state index in [1.54, 1.807) is 6.07 Å². The Morgan fingerprint density at radius 3 is 2.58 bits per heavy atom. The lowest BCUT2D eigenvalue weighted by molar-refractivity contribution is 0.302. The van der Waals surface area contributed by atoms with Gasteiger partial charge in [0.2, 0.25) is 0 Å². The quantitative estimate of drug-likeness (QED) is 0.127. The molecule has 6 rings (SSSR count). The van der Waals surface area contributed by atoms with E-state index in [4.69, 9.17) is 9.72 Å². The largest absolute Gasteiger partial charge is 0.487 e. The highest BCUT2D eigenvalue weighted by atomic mass is 32.2. The fourth-order valence-corrected chi connectivity index (χ4v) is 5.94. The van der Waals surface area contributed by atoms with Crippen molar-refractivity contribution in [2.24, 2.45) is 0 Å². The van der Waals surface area contributed by atoms with Gasteiger partial charge in [0.15, 0.2) is 0 Å². The fourth-order valence-electron chi connectivity index (χ4n) is 4.77. The van der Waals surface area contributed by atoms with Crippen molar-refractivity contribution in [3.05, 3.63) is 120 Å². The van der Waals surface area contributed by atoms with Crippen molar-refractivity contribution >= 4 is 33.6 Å². The summed E-state index contributed by atoms with van der Waals surface area (Å²) in [5.74, 6) is 1.59. The molecule has 0 aliphatic rings. The summed E-state index contributed by atoms with van der Waals surface area (Å²) < 4.78 is 21.8. The minimum Gasteiger partial charge on any atom is -0.487 e. The molecule has 6 aromatic rings. The summed E-state index contributed by atoms with van der Waals surface area (Å²) in [6.45, 7) is 3.41. The molecule has 3 aromatic carbocycles. The molecule has 0 aliphatic carbocycles. The van der Waals surface area contributed by atoms with E-state index in [1.807, 2.05) is 42.1 Å². The molecule has 6 heteroatoms. The summed E-state index contributed by atoms with van der Waals surface area (Å²) in [5.41, 5.74) is 6.00. The van der Waals surface area contributed by atoms with Crippen molar-refractivity contribution in [1.29, 1.82) is 0 Å². The highest BCUT2D eigenvalue weighted by Gasteiger charge is 2.12. The third-order valence-electron chi connectivity index (χ3n) is 6.94. The number of ether oxygens (including phenoxy) is 1. The molecule has 0 radical (unpaired) electrons. The van der Waals surface area contributed by atoms with Crippen molar-refractivity contribution in [3.8, 4) is 17.0 Å². The zero-order valence-corrected chi connectivity index (χ0v) is 23.2. The topological polar surface area (TPSA) is 39.9 Å². The molecule has 0 atom stereocenters. The standard InChI is InChI=1S/C34H30FN3OS/c1-2-3-18-40-34-20-27-19-30(39-23-29-14-12-25-6-4-5-7-32(25)37-29)15-17-33(27)38(34)22-24-8-10-26(11-9-24)31-16-13-28(35)21-36-31/h4-17,19-21H,2-3,18,22-23H2,1H3. The number of benzene rings is 3. The van der Waals surface area contributed by atoms with Crippen LogP contribution in [0.2, 0.25) is 0 Å². The predicted octanol–water partition coefficient (Wildman–Crippen LogP) is 8.91. The lowest BCUT2D eigenvalue weighted by atomic mass is 10.1. The highest BCUT2D eigenvalue weighted by Crippen LogP contribution is 2.32. The molecule has 3 heterocycles. The van der Waals surface area contributed by atoms with Crippen LogP contribution in [0.25, 0.3) is 33.1 Å². The molecule has 0 saturated heterocycles. The van der Waals surface area contributed by atoms with Gasteiger partial charge in [-0.05, 0) is 66.3 Å². The van der Waals surface area contributed by atoms with E-state index in [1.165, 1.54) is 41.2 Å². The van der Waals surface area contributed by atoms with Crippen LogP contribution >= 0.6 is 11.8 Å². The van der Waals surface area contributed by atoms with Crippen LogP contribution in [0.4, 0.5) is 4.39 Å². The summed E-state index contributed by atoms with van der Waals surface area (Å²) in [6.07, 6.45) is 3.61. The number of nitrogens with zero attached hydrogens (tertiary/aromatic N) is 3. The maximum atomic E-state index is 13.3. The van der Waals surface area contributed by atoms with Crippen LogP contribution in [0.3, 0.4) is 0 Å². The molecule has 40 heavy (non-hydrogen) atoms. The zero-order valence-electron chi connectivity index (χ0n) is 22.4. The van der Waals surface area contributed by atoms with Gasteiger partial charge >= 0.3 is 0 Å². The van der Waals surface area contributed by atoms with Crippen LogP contribution in [-0.2, 0) is 13.2 Å². The molecule has 0 aliphatic heterocycles. The molecule has 0 fully saturated rings. The molecule has 0 unspecified atom stereocenters. The number of halogens is 1. The van der Waals surface area contributed by atoms with E-state index in [-0.39, 0.29) is 5.82 Å². The third-order valence-corrected chi connectivity index (χ3v) is 8.07. The number of unbranched alkanes of at least 4 members (excludes halogenated alkanes) is 1. The summed E-state index contributed by atoms with van der Waals surface area (Å²) in [5, 5.41) is 3.54. The summed E-state index contributed by atoms with van der Waals surface area (Å²) >= 11 is 1.90. The lowest BCUT2D eigenvalue weighted by Crippen LogP contribution is -2.02. The second-order valence-electron chi connectivity index (χ2n) is 9.83. The van der Waals surface area contributed by atoms with Gasteiger partial charge in [0.25, 0.3) is 0 Å². The minimum absolute atomic E-state index is 0.327. The first kappa shape index (κ1) is 26.1. The first-order valence-corrected chi connectivity index (χ1v) is 14.6. The van der Waals surface area contributed by atoms with Crippen LogP contribution in [0.5, 0.6) is 5.75 Å². The van der Waals surface area contributed by atoms with Crippen LogP contribution in [0.15, 0.2) is 108 Å². The zero-order chi connectivity index (χ0) is 27.3. The van der Waals surface area contributed by atoms with Crippen molar-refractivity contribution in [1.82, 2.24) is 14.5 Å². The minimum atomic E-state index is -0.327. The molecule has 0 N–H and O–H groups in total. The van der Waals surface area contributed by atoms with Gasteiger partial charge in [0, 0.05) is 28.4 Å². The number of pyridine rings is 2. The van der Waals surface area contributed by atoms with E-state index >= 15 is 0 Å². The van der Waals surface area contributed by atoms with Gasteiger partial charge in [-0.25, -0.2) is 9.37 Å². The van der Waals surface area contributed by atoms with Crippen LogP contribution < -0.4 is 4.74 Å². The van der Waals surface area contributed by atoms with Gasteiger partial charge in [-0.15, -0.1) is 11.8 Å². The van der Waals surface area contributed by atoms with Crippen molar-refractivity contribution in [2.45, 2.75) is 37.9 Å². The molecule has 0 spiro atoms. The van der Waals surface area contributed by atoms with Crippen molar-refractivity contribution in [2.75, 3.05) is 5.75 Å². The SMILES string of the molecule is CCCCSc1cc2cc(OCc3ccc4ccccc4n3)ccc2n1Cc1ccc(-c2ccc(F)cn2)cc1. The molecule has 0 saturated carbocycles. The third kappa shape index (κ3) is 5.87. The number of rotatable bonds is 10. The lowest BCUT2D eigenvalue weighted by Gasteiger charge is -2.12. The average Bonchev–Trinajstić information content (AvgIpc) is 3.33. The first-order valence-electron chi connectivity index (χ1n) is 13.6. The average molecular weight is 548 g/mol. The van der Waals surface area contributed by atoms with Gasteiger partial charge in [-0.3, -0.25) is 4.98 Å². The van der Waals surface area contributed by atoms with Gasteiger partial charge in [0.1, 0.15) is 18.2 Å². The second-order valence-corrected chi connectivity index (χ2v) is 10.9. The number of thioether (sulfide) groups is 1. The van der Waals surface area contributed by atoms with E-state index in [0.717, 1.165) is 51.3 Å². The summed E-state index contributed by atoms with van der Waals surface area (Å²) in [7, 11) is 0. The van der Waals surface area contributed by atoms with E-state index < -0.39 is 0 Å². The van der Waals surface area contributed by atoms with Crippen molar-refractivity contribution in [3.63, 3.8) is 0 Å². The van der Waals surface area contributed by atoms with Crippen LogP contribution in [0, 0.1) is 5.82 Å². The first-order chi connectivity index (χ1) is 19.7. The van der Waals surface area contributed by atoms with Gasteiger partial charge < -0.3 is 9.30 Å². The monoisotopic (exact) mass is 547 g/mol. The Labute approximate surface area is 237 Å². The molecule has 3 aromatic heterocycles. The molecule has 0 bridgehead atoms. The Morgan fingerprint density at radius 2 is 1.75 bits per heavy atom. The van der Waals surface area contributed by atoms with E-state index in [0.29, 0.717) is 6.61 Å². The van der Waals surface area contributed by atoms with Gasteiger partial charge in [0.05, 0.1) is 28.1 Å². The fraction of sp³-hybridized carbons (Fsp3) is 0.176. The Morgan fingerprint density at radius 1 is 0.875 bits per heavy atom. The normalized spacial score (nSPS) is 11.3. The predicted molar refractivity (Wildman–Crippen MR) is 162 cm³/mol. The Balaban J connectivity index is 1.23. The molecule has 4 nitrogen and oxygen atoms in total. The van der Waals surface area contributed by atoms with Gasteiger partial charge in [-0.2, -0.15) is 0 Å². The maximum absolute atomic E-state index is 13.3. The molecule has 0 amide bonds. The number of hydrogen-bond acceptors (Lipinski definition) is 4. The molecular weight excluding hydrogens is 517 g/mol. The summed E-state index contributed by atoms with van der Waals surface area (Å²) in [6, 6.07) is 32.3. The summed E-state index contributed by atoms with van der Waals surface area (Å²) in [4.78, 5) is 8.94. The second kappa shape index (κ2) is 11.9. The van der Waals surface area contributed by atoms with Crippen LogP contribution in [-0.4, -0.2) is 20.3 Å². The molecule has 200 valence electrons. The van der Waals surface area contributed by atoms with Crippen LogP contribution in [0.1, 0.15) is 31.0 Å². The highest BCUT2D eigenvalue weighted by molar-refractivity contribution is 7.99. The smallest absolute Gasteiger partial charge is 0.141 e.